The van der Waals surface area contributed by atoms with Crippen molar-refractivity contribution >= 4 is 5.97 Å². The fourth-order valence-electron chi connectivity index (χ4n) is 2.05. The largest absolute Gasteiger partial charge is 0.476 e. The summed E-state index contributed by atoms with van der Waals surface area (Å²) >= 11 is 0. The van der Waals surface area contributed by atoms with Gasteiger partial charge in [-0.2, -0.15) is 0 Å². The fraction of sp³-hybridized carbons (Fsp3) is 0. The summed E-state index contributed by atoms with van der Waals surface area (Å²) in [6.07, 6.45) is 3.03. The van der Waals surface area contributed by atoms with E-state index in [9.17, 15) is 9.90 Å². The third kappa shape index (κ3) is 2.93. The number of rotatable bonds is 4. The molecule has 22 heavy (non-hydrogen) atoms. The van der Waals surface area contributed by atoms with Gasteiger partial charge in [-0.15, -0.1) is 0 Å². The van der Waals surface area contributed by atoms with Crippen molar-refractivity contribution in [1.82, 2.24) is 9.97 Å². The molecular weight excluding hydrogens is 280 g/mol. The predicted molar refractivity (Wildman–Crippen MR) is 80.9 cm³/mol. The van der Waals surface area contributed by atoms with Crippen molar-refractivity contribution in [1.29, 1.82) is 0 Å². The van der Waals surface area contributed by atoms with E-state index in [1.165, 1.54) is 6.20 Å². The number of hydrogen-bond acceptors (Lipinski definition) is 4. The third-order valence-corrected chi connectivity index (χ3v) is 3.02. The van der Waals surface area contributed by atoms with Gasteiger partial charge in [0.2, 0.25) is 5.88 Å². The summed E-state index contributed by atoms with van der Waals surface area (Å²) in [6.45, 7) is 0. The quantitative estimate of drug-likeness (QED) is 0.795. The van der Waals surface area contributed by atoms with Crippen molar-refractivity contribution in [3.8, 4) is 22.8 Å². The molecule has 0 radical (unpaired) electrons. The lowest BCUT2D eigenvalue weighted by Crippen LogP contribution is -2.02. The van der Waals surface area contributed by atoms with Crippen LogP contribution in [0.15, 0.2) is 67.0 Å². The normalized spacial score (nSPS) is 10.2. The number of para-hydroxylation sites is 1. The molecule has 0 aliphatic carbocycles. The summed E-state index contributed by atoms with van der Waals surface area (Å²) in [4.78, 5) is 19.3. The first-order valence-electron chi connectivity index (χ1n) is 6.61. The second-order valence-electron chi connectivity index (χ2n) is 4.50. The second kappa shape index (κ2) is 6.05. The Morgan fingerprint density at radius 2 is 1.77 bits per heavy atom. The van der Waals surface area contributed by atoms with E-state index >= 15 is 0 Å². The summed E-state index contributed by atoms with van der Waals surface area (Å²) in [7, 11) is 0. The molecule has 5 nitrogen and oxygen atoms in total. The molecular formula is C17H12N2O3. The molecule has 0 fully saturated rings. The summed E-state index contributed by atoms with van der Waals surface area (Å²) in [5.41, 5.74) is 1.21. The lowest BCUT2D eigenvalue weighted by molar-refractivity contribution is 0.0691. The van der Waals surface area contributed by atoms with E-state index in [1.54, 1.807) is 30.5 Å². The van der Waals surface area contributed by atoms with E-state index in [1.807, 2.05) is 30.3 Å². The van der Waals surface area contributed by atoms with Crippen molar-refractivity contribution in [2.45, 2.75) is 0 Å². The van der Waals surface area contributed by atoms with E-state index < -0.39 is 5.97 Å². The molecule has 0 atom stereocenters. The molecule has 0 saturated heterocycles. The standard InChI is InChI=1S/C17H12N2O3/c20-17(21)16-14(7-4-9-19-16)12-8-10-18-15(11-12)22-13-5-2-1-3-6-13/h1-11H,(H,20,21). The molecule has 0 unspecified atom stereocenters. The summed E-state index contributed by atoms with van der Waals surface area (Å²) in [5.74, 6) is -0.0152. The van der Waals surface area contributed by atoms with Gasteiger partial charge in [-0.25, -0.2) is 14.8 Å². The van der Waals surface area contributed by atoms with E-state index in [-0.39, 0.29) is 5.69 Å². The van der Waals surface area contributed by atoms with Crippen LogP contribution >= 0.6 is 0 Å². The summed E-state index contributed by atoms with van der Waals surface area (Å²) in [6, 6.07) is 16.1. The van der Waals surface area contributed by atoms with Crippen LogP contribution in [-0.2, 0) is 0 Å². The van der Waals surface area contributed by atoms with Crippen LogP contribution in [0.1, 0.15) is 10.5 Å². The van der Waals surface area contributed by atoms with Crippen LogP contribution in [-0.4, -0.2) is 21.0 Å². The number of pyridine rings is 2. The van der Waals surface area contributed by atoms with E-state index in [4.69, 9.17) is 4.74 Å². The zero-order chi connectivity index (χ0) is 15.4. The maximum Gasteiger partial charge on any atom is 0.355 e. The fourth-order valence-corrected chi connectivity index (χ4v) is 2.05. The Bertz CT molecular complexity index is 804. The molecule has 0 spiro atoms. The predicted octanol–water partition coefficient (Wildman–Crippen LogP) is 3.63. The van der Waals surface area contributed by atoms with Crippen LogP contribution in [0.4, 0.5) is 0 Å². The molecule has 0 aliphatic rings. The SMILES string of the molecule is O=C(O)c1ncccc1-c1ccnc(Oc2ccccc2)c1. The van der Waals surface area contributed by atoms with Crippen molar-refractivity contribution in [2.24, 2.45) is 0 Å². The number of ether oxygens (including phenoxy) is 1. The molecule has 0 amide bonds. The average Bonchev–Trinajstić information content (AvgIpc) is 2.56. The monoisotopic (exact) mass is 292 g/mol. The molecule has 2 aromatic heterocycles. The number of aromatic carboxylic acids is 1. The highest BCUT2D eigenvalue weighted by molar-refractivity contribution is 5.93. The Balaban J connectivity index is 1.97. The van der Waals surface area contributed by atoms with Crippen molar-refractivity contribution in [3.05, 3.63) is 72.7 Å². The maximum absolute atomic E-state index is 11.3. The molecule has 2 heterocycles. The van der Waals surface area contributed by atoms with Crippen LogP contribution in [0.5, 0.6) is 11.6 Å². The van der Waals surface area contributed by atoms with Crippen LogP contribution in [0.3, 0.4) is 0 Å². The minimum Gasteiger partial charge on any atom is -0.476 e. The van der Waals surface area contributed by atoms with Crippen molar-refractivity contribution < 1.29 is 14.6 Å². The van der Waals surface area contributed by atoms with Crippen LogP contribution in [0, 0.1) is 0 Å². The summed E-state index contributed by atoms with van der Waals surface area (Å²) in [5, 5.41) is 9.22. The zero-order valence-corrected chi connectivity index (χ0v) is 11.5. The highest BCUT2D eigenvalue weighted by Crippen LogP contribution is 2.26. The molecule has 1 N–H and O–H groups in total. The molecule has 0 saturated carbocycles. The molecule has 0 aliphatic heterocycles. The first-order chi connectivity index (χ1) is 10.7. The molecule has 3 aromatic rings. The Morgan fingerprint density at radius 3 is 2.55 bits per heavy atom. The number of aromatic nitrogens is 2. The topological polar surface area (TPSA) is 72.3 Å². The van der Waals surface area contributed by atoms with Crippen LogP contribution < -0.4 is 4.74 Å². The first-order valence-corrected chi connectivity index (χ1v) is 6.61. The Kier molecular flexibility index (Phi) is 3.78. The Labute approximate surface area is 126 Å². The van der Waals surface area contributed by atoms with Gasteiger partial charge in [0.1, 0.15) is 5.75 Å². The smallest absolute Gasteiger partial charge is 0.355 e. The Morgan fingerprint density at radius 1 is 0.955 bits per heavy atom. The molecule has 1 aromatic carbocycles. The van der Waals surface area contributed by atoms with Gasteiger partial charge < -0.3 is 9.84 Å². The maximum atomic E-state index is 11.3. The molecule has 0 bridgehead atoms. The van der Waals surface area contributed by atoms with Crippen molar-refractivity contribution in [3.63, 3.8) is 0 Å². The molecule has 5 heteroatoms. The minimum absolute atomic E-state index is 0.000592. The van der Waals surface area contributed by atoms with Gasteiger partial charge in [-0.1, -0.05) is 24.3 Å². The van der Waals surface area contributed by atoms with E-state index in [0.717, 1.165) is 0 Å². The van der Waals surface area contributed by atoms with Gasteiger partial charge in [0, 0.05) is 24.0 Å². The zero-order valence-electron chi connectivity index (χ0n) is 11.5. The van der Waals surface area contributed by atoms with Gasteiger partial charge in [-0.3, -0.25) is 0 Å². The van der Waals surface area contributed by atoms with Crippen LogP contribution in [0.2, 0.25) is 0 Å². The summed E-state index contributed by atoms with van der Waals surface area (Å²) < 4.78 is 5.66. The highest BCUT2D eigenvalue weighted by atomic mass is 16.5. The highest BCUT2D eigenvalue weighted by Gasteiger charge is 2.13. The first kappa shape index (κ1) is 13.8. The van der Waals surface area contributed by atoms with Gasteiger partial charge in [0.15, 0.2) is 5.69 Å². The average molecular weight is 292 g/mol. The van der Waals surface area contributed by atoms with Gasteiger partial charge >= 0.3 is 5.97 Å². The number of hydrogen-bond donors (Lipinski definition) is 1. The molecule has 108 valence electrons. The molecule has 3 rings (SSSR count). The third-order valence-electron chi connectivity index (χ3n) is 3.02. The number of benzene rings is 1. The van der Waals surface area contributed by atoms with E-state index in [2.05, 4.69) is 9.97 Å². The van der Waals surface area contributed by atoms with Gasteiger partial charge in [-0.05, 0) is 29.8 Å². The Hall–Kier alpha value is -3.21. The van der Waals surface area contributed by atoms with Crippen molar-refractivity contribution in [2.75, 3.05) is 0 Å². The van der Waals surface area contributed by atoms with E-state index in [0.29, 0.717) is 22.8 Å². The lowest BCUT2D eigenvalue weighted by Gasteiger charge is -2.08. The van der Waals surface area contributed by atoms with Gasteiger partial charge in [0.25, 0.3) is 0 Å². The van der Waals surface area contributed by atoms with Gasteiger partial charge in [0.05, 0.1) is 0 Å². The number of carbonyl (C=O) groups is 1. The number of carboxylic acids is 1. The lowest BCUT2D eigenvalue weighted by atomic mass is 10.1. The minimum atomic E-state index is -1.07. The number of nitrogens with zero attached hydrogens (tertiary/aromatic N) is 2. The second-order valence-corrected chi connectivity index (χ2v) is 4.50. The number of carboxylic acid groups (broad SMARTS) is 1. The van der Waals surface area contributed by atoms with Crippen LogP contribution in [0.25, 0.3) is 11.1 Å².